The van der Waals surface area contributed by atoms with Crippen LogP contribution in [0.25, 0.3) is 0 Å². The van der Waals surface area contributed by atoms with Crippen LogP contribution < -0.4 is 10.9 Å². The Morgan fingerprint density at radius 2 is 1.90 bits per heavy atom. The van der Waals surface area contributed by atoms with Gasteiger partial charge in [-0.3, -0.25) is 4.79 Å². The van der Waals surface area contributed by atoms with E-state index < -0.39 is 0 Å². The third kappa shape index (κ3) is 2.99. The second kappa shape index (κ2) is 5.72. The molecule has 0 saturated heterocycles. The Kier molecular flexibility index (Phi) is 3.78. The van der Waals surface area contributed by atoms with Crippen LogP contribution in [0.15, 0.2) is 47.4 Å². The third-order valence-electron chi connectivity index (χ3n) is 4.17. The van der Waals surface area contributed by atoms with E-state index in [1.54, 1.807) is 10.6 Å². The Bertz CT molecular complexity index is 672. The molecule has 0 bridgehead atoms. The molecule has 1 heterocycles. The zero-order valence-electron chi connectivity index (χ0n) is 12.1. The van der Waals surface area contributed by atoms with Crippen molar-refractivity contribution in [2.75, 3.05) is 5.32 Å². The van der Waals surface area contributed by atoms with E-state index in [0.717, 1.165) is 18.5 Å². The van der Waals surface area contributed by atoms with Gasteiger partial charge >= 0.3 is 0 Å². The Labute approximate surface area is 123 Å². The number of benzene rings is 1. The number of hydrogen-bond acceptors (Lipinski definition) is 2. The van der Waals surface area contributed by atoms with Crippen LogP contribution in [0.4, 0.5) is 10.1 Å². The molecule has 1 aliphatic rings. The van der Waals surface area contributed by atoms with Gasteiger partial charge in [0.25, 0.3) is 5.56 Å². The van der Waals surface area contributed by atoms with Crippen LogP contribution in [0.2, 0.25) is 0 Å². The summed E-state index contributed by atoms with van der Waals surface area (Å²) < 4.78 is 14.6. The van der Waals surface area contributed by atoms with Gasteiger partial charge in [-0.1, -0.05) is 12.1 Å². The maximum Gasteiger partial charge on any atom is 0.250 e. The normalized spacial score (nSPS) is 20.9. The molecule has 1 aromatic carbocycles. The van der Waals surface area contributed by atoms with Crippen LogP contribution in [0.1, 0.15) is 31.2 Å². The average Bonchev–Trinajstić information content (AvgIpc) is 2.45. The number of nitrogens with zero attached hydrogens (tertiary/aromatic N) is 1. The SMILES string of the molecule is CCn1cc(NC2CC(c3ccc(F)cc3)C2)ccc1=O. The summed E-state index contributed by atoms with van der Waals surface area (Å²) in [6, 6.07) is 10.6. The molecule has 110 valence electrons. The molecule has 4 heteroatoms. The Hall–Kier alpha value is -2.10. The van der Waals surface area contributed by atoms with E-state index >= 15 is 0 Å². The van der Waals surface area contributed by atoms with Crippen molar-refractivity contribution < 1.29 is 4.39 Å². The lowest BCUT2D eigenvalue weighted by atomic mass is 9.76. The lowest BCUT2D eigenvalue weighted by Crippen LogP contribution is -2.34. The summed E-state index contributed by atoms with van der Waals surface area (Å²) in [6.07, 6.45) is 3.95. The first-order valence-corrected chi connectivity index (χ1v) is 7.38. The minimum Gasteiger partial charge on any atom is -0.381 e. The molecule has 0 spiro atoms. The molecule has 1 saturated carbocycles. The molecule has 0 radical (unpaired) electrons. The van der Waals surface area contributed by atoms with Gasteiger partial charge in [-0.05, 0) is 49.4 Å². The highest BCUT2D eigenvalue weighted by Gasteiger charge is 2.30. The quantitative estimate of drug-likeness (QED) is 0.935. The second-order valence-electron chi connectivity index (χ2n) is 5.60. The maximum atomic E-state index is 12.9. The average molecular weight is 286 g/mol. The topological polar surface area (TPSA) is 34.0 Å². The summed E-state index contributed by atoms with van der Waals surface area (Å²) in [5.74, 6) is 0.315. The van der Waals surface area contributed by atoms with Gasteiger partial charge < -0.3 is 9.88 Å². The lowest BCUT2D eigenvalue weighted by Gasteiger charge is -2.37. The van der Waals surface area contributed by atoms with Gasteiger partial charge in [-0.2, -0.15) is 0 Å². The summed E-state index contributed by atoms with van der Waals surface area (Å²) >= 11 is 0. The molecule has 0 atom stereocenters. The zero-order valence-corrected chi connectivity index (χ0v) is 12.1. The lowest BCUT2D eigenvalue weighted by molar-refractivity contribution is 0.373. The molecule has 1 aliphatic carbocycles. The summed E-state index contributed by atoms with van der Waals surface area (Å²) in [4.78, 5) is 11.5. The monoisotopic (exact) mass is 286 g/mol. The highest BCUT2D eigenvalue weighted by Crippen LogP contribution is 2.38. The van der Waals surface area contributed by atoms with Gasteiger partial charge in [0.15, 0.2) is 0 Å². The van der Waals surface area contributed by atoms with E-state index in [1.165, 1.54) is 17.7 Å². The van der Waals surface area contributed by atoms with Crippen molar-refractivity contribution >= 4 is 5.69 Å². The number of pyridine rings is 1. The number of halogens is 1. The summed E-state index contributed by atoms with van der Waals surface area (Å²) in [5, 5.41) is 3.46. The summed E-state index contributed by atoms with van der Waals surface area (Å²) in [6.45, 7) is 2.64. The van der Waals surface area contributed by atoms with E-state index in [9.17, 15) is 9.18 Å². The summed E-state index contributed by atoms with van der Waals surface area (Å²) in [5.41, 5.74) is 2.22. The first-order valence-electron chi connectivity index (χ1n) is 7.38. The summed E-state index contributed by atoms with van der Waals surface area (Å²) in [7, 11) is 0. The largest absolute Gasteiger partial charge is 0.381 e. The van der Waals surface area contributed by atoms with Crippen molar-refractivity contribution in [2.45, 2.75) is 38.3 Å². The van der Waals surface area contributed by atoms with Crippen LogP contribution >= 0.6 is 0 Å². The molecular weight excluding hydrogens is 267 g/mol. The van der Waals surface area contributed by atoms with Crippen LogP contribution in [0, 0.1) is 5.82 Å². The first kappa shape index (κ1) is 13.9. The molecule has 1 aromatic heterocycles. The van der Waals surface area contributed by atoms with Crippen molar-refractivity contribution in [3.8, 4) is 0 Å². The molecule has 21 heavy (non-hydrogen) atoms. The molecule has 1 fully saturated rings. The molecular formula is C17H19FN2O. The van der Waals surface area contributed by atoms with Crippen molar-refractivity contribution in [1.82, 2.24) is 4.57 Å². The van der Waals surface area contributed by atoms with E-state index in [0.29, 0.717) is 18.5 Å². The number of anilines is 1. The van der Waals surface area contributed by atoms with Gasteiger partial charge in [0.1, 0.15) is 5.82 Å². The fraction of sp³-hybridized carbons (Fsp3) is 0.353. The van der Waals surface area contributed by atoms with Gasteiger partial charge in [0.2, 0.25) is 0 Å². The highest BCUT2D eigenvalue weighted by atomic mass is 19.1. The smallest absolute Gasteiger partial charge is 0.250 e. The van der Waals surface area contributed by atoms with Gasteiger partial charge in [-0.25, -0.2) is 4.39 Å². The van der Waals surface area contributed by atoms with Crippen molar-refractivity contribution in [3.63, 3.8) is 0 Å². The third-order valence-corrected chi connectivity index (χ3v) is 4.17. The van der Waals surface area contributed by atoms with E-state index in [4.69, 9.17) is 0 Å². The van der Waals surface area contributed by atoms with Crippen molar-refractivity contribution in [3.05, 3.63) is 64.3 Å². The molecule has 1 N–H and O–H groups in total. The molecule has 0 aliphatic heterocycles. The Balaban J connectivity index is 1.59. The van der Waals surface area contributed by atoms with Gasteiger partial charge in [0, 0.05) is 24.8 Å². The van der Waals surface area contributed by atoms with E-state index in [2.05, 4.69) is 5.32 Å². The van der Waals surface area contributed by atoms with Crippen LogP contribution in [0.5, 0.6) is 0 Å². The molecule has 3 rings (SSSR count). The first-order chi connectivity index (χ1) is 10.2. The number of hydrogen-bond donors (Lipinski definition) is 1. The Morgan fingerprint density at radius 3 is 2.57 bits per heavy atom. The van der Waals surface area contributed by atoms with E-state index in [1.807, 2.05) is 31.3 Å². The van der Waals surface area contributed by atoms with Crippen LogP contribution in [-0.4, -0.2) is 10.6 Å². The van der Waals surface area contributed by atoms with Crippen LogP contribution in [0.3, 0.4) is 0 Å². The zero-order chi connectivity index (χ0) is 14.8. The fourth-order valence-corrected chi connectivity index (χ4v) is 2.84. The molecule has 3 nitrogen and oxygen atoms in total. The number of rotatable bonds is 4. The molecule has 0 unspecified atom stereocenters. The van der Waals surface area contributed by atoms with E-state index in [-0.39, 0.29) is 11.4 Å². The maximum absolute atomic E-state index is 12.9. The predicted molar refractivity (Wildman–Crippen MR) is 82.2 cm³/mol. The standard InChI is InChI=1S/C17H19FN2O/c1-2-20-11-15(7-8-17(20)21)19-16-9-13(10-16)12-3-5-14(18)6-4-12/h3-8,11,13,16,19H,2,9-10H2,1H3. The molecule has 0 amide bonds. The fourth-order valence-electron chi connectivity index (χ4n) is 2.84. The Morgan fingerprint density at radius 1 is 1.19 bits per heavy atom. The minimum atomic E-state index is -0.186. The number of aromatic nitrogens is 1. The van der Waals surface area contributed by atoms with Crippen molar-refractivity contribution in [1.29, 1.82) is 0 Å². The van der Waals surface area contributed by atoms with Gasteiger partial charge in [-0.15, -0.1) is 0 Å². The van der Waals surface area contributed by atoms with Crippen LogP contribution in [-0.2, 0) is 6.54 Å². The number of aryl methyl sites for hydroxylation is 1. The highest BCUT2D eigenvalue weighted by molar-refractivity contribution is 5.42. The predicted octanol–water partition coefficient (Wildman–Crippen LogP) is 3.37. The minimum absolute atomic E-state index is 0.0286. The second-order valence-corrected chi connectivity index (χ2v) is 5.60. The van der Waals surface area contributed by atoms with Crippen molar-refractivity contribution in [2.24, 2.45) is 0 Å². The molecule has 2 aromatic rings. The van der Waals surface area contributed by atoms with Gasteiger partial charge in [0.05, 0.1) is 5.69 Å². The number of nitrogens with one attached hydrogen (secondary N) is 1.